The molecule has 25 heavy (non-hydrogen) atoms. The zero-order valence-corrected chi connectivity index (χ0v) is 13.6. The van der Waals surface area contributed by atoms with Crippen molar-refractivity contribution in [3.05, 3.63) is 64.7 Å². The summed E-state index contributed by atoms with van der Waals surface area (Å²) >= 11 is 0. The molecule has 6 nitrogen and oxygen atoms in total. The smallest absolute Gasteiger partial charge is 0.337 e. The van der Waals surface area contributed by atoms with Crippen molar-refractivity contribution in [1.29, 1.82) is 0 Å². The second kappa shape index (κ2) is 6.98. The van der Waals surface area contributed by atoms with E-state index in [2.05, 4.69) is 4.98 Å². The topological polar surface area (TPSA) is 79.7 Å². The van der Waals surface area contributed by atoms with Gasteiger partial charge in [0, 0.05) is 6.54 Å². The van der Waals surface area contributed by atoms with Crippen LogP contribution in [-0.4, -0.2) is 46.6 Å². The van der Waals surface area contributed by atoms with Crippen LogP contribution in [0.25, 0.3) is 0 Å². The number of carbonyl (C=O) groups excluding carboxylic acids is 1. The number of halogens is 1. The van der Waals surface area contributed by atoms with Gasteiger partial charge in [0.25, 0.3) is 5.91 Å². The lowest BCUT2D eigenvalue weighted by Gasteiger charge is -2.33. The van der Waals surface area contributed by atoms with Crippen LogP contribution in [0.3, 0.4) is 0 Å². The number of nitrogens with zero attached hydrogens (tertiary/aromatic N) is 2. The van der Waals surface area contributed by atoms with Crippen LogP contribution in [-0.2, 0) is 4.74 Å². The quantitative estimate of drug-likeness (QED) is 0.925. The van der Waals surface area contributed by atoms with Crippen LogP contribution in [0, 0.1) is 12.7 Å². The van der Waals surface area contributed by atoms with Gasteiger partial charge in [-0.05, 0) is 36.8 Å². The third-order valence-electron chi connectivity index (χ3n) is 4.13. The first-order valence-corrected chi connectivity index (χ1v) is 7.83. The van der Waals surface area contributed by atoms with Crippen LogP contribution >= 0.6 is 0 Å². The van der Waals surface area contributed by atoms with E-state index < -0.39 is 5.97 Å². The van der Waals surface area contributed by atoms with Crippen molar-refractivity contribution in [3.8, 4) is 0 Å². The molecule has 130 valence electrons. The molecule has 1 aliphatic rings. The molecule has 1 atom stereocenters. The Morgan fingerprint density at radius 1 is 1.24 bits per heavy atom. The highest BCUT2D eigenvalue weighted by Gasteiger charge is 2.27. The molecule has 3 rings (SSSR count). The number of aromatic nitrogens is 1. The summed E-state index contributed by atoms with van der Waals surface area (Å²) in [4.78, 5) is 29.4. The predicted octanol–water partition coefficient (Wildman–Crippen LogP) is 2.44. The Bertz CT molecular complexity index is 807. The van der Waals surface area contributed by atoms with Crippen molar-refractivity contribution >= 4 is 11.9 Å². The number of carboxylic acids is 1. The lowest BCUT2D eigenvalue weighted by atomic mass is 10.1. The lowest BCUT2D eigenvalue weighted by molar-refractivity contribution is -0.0230. The molecule has 0 aliphatic carbocycles. The first-order chi connectivity index (χ1) is 12.0. The molecule has 1 amide bonds. The number of benzene rings is 1. The Morgan fingerprint density at radius 3 is 2.60 bits per heavy atom. The molecule has 2 aromatic rings. The number of hydrogen-bond acceptors (Lipinski definition) is 4. The maximum atomic E-state index is 13.1. The molecule has 2 heterocycles. The summed E-state index contributed by atoms with van der Waals surface area (Å²) < 4.78 is 18.7. The van der Waals surface area contributed by atoms with Gasteiger partial charge in [0.2, 0.25) is 0 Å². The Morgan fingerprint density at radius 2 is 1.96 bits per heavy atom. The van der Waals surface area contributed by atoms with E-state index in [1.165, 1.54) is 24.3 Å². The van der Waals surface area contributed by atoms with E-state index in [9.17, 15) is 14.0 Å². The van der Waals surface area contributed by atoms with Crippen molar-refractivity contribution in [1.82, 2.24) is 9.88 Å². The second-order valence-electron chi connectivity index (χ2n) is 5.80. The molecule has 0 saturated carbocycles. The maximum Gasteiger partial charge on any atom is 0.337 e. The summed E-state index contributed by atoms with van der Waals surface area (Å²) in [6.07, 6.45) is -0.335. The average Bonchev–Trinajstić information content (AvgIpc) is 2.61. The van der Waals surface area contributed by atoms with E-state index in [0.29, 0.717) is 25.4 Å². The fraction of sp³-hybridized carbons (Fsp3) is 0.278. The van der Waals surface area contributed by atoms with Gasteiger partial charge in [-0.3, -0.25) is 4.79 Å². The number of hydrogen-bond donors (Lipinski definition) is 1. The fourth-order valence-electron chi connectivity index (χ4n) is 2.78. The fourth-order valence-corrected chi connectivity index (χ4v) is 2.78. The standard InChI is InChI=1S/C18H17FN2O4/c1-11-14(18(23)24)6-7-15(20-11)17(22)21-8-9-25-16(10-21)12-2-4-13(19)5-3-12/h2-7,16H,8-10H2,1H3,(H,23,24)/t16-/m1/s1. The number of pyridine rings is 1. The van der Waals surface area contributed by atoms with Gasteiger partial charge in [-0.25, -0.2) is 14.2 Å². The second-order valence-corrected chi connectivity index (χ2v) is 5.80. The highest BCUT2D eigenvalue weighted by molar-refractivity contribution is 5.94. The van der Waals surface area contributed by atoms with Gasteiger partial charge in [0.15, 0.2) is 0 Å². The Kier molecular flexibility index (Phi) is 4.76. The molecule has 1 N–H and O–H groups in total. The van der Waals surface area contributed by atoms with E-state index in [4.69, 9.17) is 9.84 Å². The highest BCUT2D eigenvalue weighted by Crippen LogP contribution is 2.23. The summed E-state index contributed by atoms with van der Waals surface area (Å²) in [6.45, 7) is 2.66. The Hall–Kier alpha value is -2.80. The van der Waals surface area contributed by atoms with E-state index in [1.54, 1.807) is 24.0 Å². The first kappa shape index (κ1) is 17.0. The van der Waals surface area contributed by atoms with E-state index in [1.807, 2.05) is 0 Å². The summed E-state index contributed by atoms with van der Waals surface area (Å²) in [7, 11) is 0. The van der Waals surface area contributed by atoms with E-state index >= 15 is 0 Å². The van der Waals surface area contributed by atoms with Gasteiger partial charge in [0.1, 0.15) is 17.6 Å². The minimum Gasteiger partial charge on any atom is -0.478 e. The molecule has 1 aromatic carbocycles. The lowest BCUT2D eigenvalue weighted by Crippen LogP contribution is -2.42. The van der Waals surface area contributed by atoms with Crippen LogP contribution in [0.15, 0.2) is 36.4 Å². The summed E-state index contributed by atoms with van der Waals surface area (Å²) in [5.41, 5.74) is 1.36. The average molecular weight is 344 g/mol. The minimum atomic E-state index is -1.08. The molecule has 1 fully saturated rings. The number of carboxylic acid groups (broad SMARTS) is 1. The van der Waals surface area contributed by atoms with Crippen molar-refractivity contribution in [2.75, 3.05) is 19.7 Å². The normalized spacial score (nSPS) is 17.4. The molecular formula is C18H17FN2O4. The van der Waals surface area contributed by atoms with Crippen molar-refractivity contribution in [2.45, 2.75) is 13.0 Å². The van der Waals surface area contributed by atoms with Gasteiger partial charge in [-0.1, -0.05) is 12.1 Å². The van der Waals surface area contributed by atoms with E-state index in [0.717, 1.165) is 5.56 Å². The molecule has 1 aliphatic heterocycles. The van der Waals surface area contributed by atoms with Crippen LogP contribution < -0.4 is 0 Å². The molecule has 0 radical (unpaired) electrons. The molecule has 7 heteroatoms. The number of morpholine rings is 1. The van der Waals surface area contributed by atoms with Gasteiger partial charge in [-0.15, -0.1) is 0 Å². The number of carbonyl (C=O) groups is 2. The molecular weight excluding hydrogens is 327 g/mol. The van der Waals surface area contributed by atoms with Gasteiger partial charge in [0.05, 0.1) is 24.4 Å². The van der Waals surface area contributed by atoms with Crippen LogP contribution in [0.1, 0.15) is 38.2 Å². The monoisotopic (exact) mass is 344 g/mol. The number of rotatable bonds is 3. The number of aryl methyl sites for hydroxylation is 1. The zero-order valence-electron chi connectivity index (χ0n) is 13.6. The zero-order chi connectivity index (χ0) is 18.0. The number of amides is 1. The predicted molar refractivity (Wildman–Crippen MR) is 86.9 cm³/mol. The summed E-state index contributed by atoms with van der Waals surface area (Å²) in [6, 6.07) is 8.79. The van der Waals surface area contributed by atoms with E-state index in [-0.39, 0.29) is 29.1 Å². The summed E-state index contributed by atoms with van der Waals surface area (Å²) in [5.74, 6) is -1.69. The molecule has 1 saturated heterocycles. The molecule has 1 aromatic heterocycles. The summed E-state index contributed by atoms with van der Waals surface area (Å²) in [5, 5.41) is 9.05. The third-order valence-corrected chi connectivity index (χ3v) is 4.13. The van der Waals surface area contributed by atoms with Crippen LogP contribution in [0.5, 0.6) is 0 Å². The van der Waals surface area contributed by atoms with Crippen LogP contribution in [0.2, 0.25) is 0 Å². The largest absolute Gasteiger partial charge is 0.478 e. The third kappa shape index (κ3) is 3.66. The van der Waals surface area contributed by atoms with Gasteiger partial charge >= 0.3 is 5.97 Å². The molecule has 0 spiro atoms. The highest BCUT2D eigenvalue weighted by atomic mass is 19.1. The SMILES string of the molecule is Cc1nc(C(=O)N2CCO[C@@H](c3ccc(F)cc3)C2)ccc1C(=O)O. The molecule has 0 unspecified atom stereocenters. The number of ether oxygens (including phenoxy) is 1. The van der Waals surface area contributed by atoms with Crippen molar-refractivity contribution in [2.24, 2.45) is 0 Å². The number of aromatic carboxylic acids is 1. The maximum absolute atomic E-state index is 13.1. The Balaban J connectivity index is 1.77. The minimum absolute atomic E-state index is 0.0720. The van der Waals surface area contributed by atoms with Gasteiger partial charge < -0.3 is 14.7 Å². The van der Waals surface area contributed by atoms with Crippen molar-refractivity contribution in [3.63, 3.8) is 0 Å². The first-order valence-electron chi connectivity index (χ1n) is 7.83. The molecule has 0 bridgehead atoms. The Labute approximate surface area is 143 Å². The van der Waals surface area contributed by atoms with Crippen molar-refractivity contribution < 1.29 is 23.8 Å². The van der Waals surface area contributed by atoms with Crippen LogP contribution in [0.4, 0.5) is 4.39 Å². The van der Waals surface area contributed by atoms with Gasteiger partial charge in [-0.2, -0.15) is 0 Å².